The summed E-state index contributed by atoms with van der Waals surface area (Å²) in [5, 5.41) is 12.4. The van der Waals surface area contributed by atoms with Crippen LogP contribution in [-0.4, -0.2) is 41.2 Å². The molecule has 1 aliphatic carbocycles. The number of hydrogen-bond acceptors (Lipinski definition) is 5. The summed E-state index contributed by atoms with van der Waals surface area (Å²) in [6.07, 6.45) is 16.8. The van der Waals surface area contributed by atoms with Crippen molar-refractivity contribution in [2.75, 3.05) is 6.54 Å². The van der Waals surface area contributed by atoms with Gasteiger partial charge in [-0.1, -0.05) is 31.6 Å². The zero-order valence-electron chi connectivity index (χ0n) is 22.5. The lowest BCUT2D eigenvalue weighted by atomic mass is 10.0. The zero-order chi connectivity index (χ0) is 26.8. The normalized spacial score (nSPS) is 14.5. The van der Waals surface area contributed by atoms with Gasteiger partial charge < -0.3 is 14.9 Å². The molecule has 1 fully saturated rings. The van der Waals surface area contributed by atoms with Crippen LogP contribution in [0.2, 0.25) is 0 Å². The number of aromatic nitrogens is 7. The highest BCUT2D eigenvalue weighted by atomic mass is 15.1. The molecular formula is C31H34N8. The molecule has 0 aliphatic heterocycles. The molecule has 0 spiro atoms. The highest BCUT2D eigenvalue weighted by Crippen LogP contribution is 2.31. The summed E-state index contributed by atoms with van der Waals surface area (Å²) in [5.74, 6) is 1.53. The third-order valence-electron chi connectivity index (χ3n) is 7.55. The van der Waals surface area contributed by atoms with E-state index in [2.05, 4.69) is 61.3 Å². The van der Waals surface area contributed by atoms with Crippen LogP contribution in [0, 0.1) is 19.8 Å². The molecule has 1 aromatic carbocycles. The van der Waals surface area contributed by atoms with Crippen molar-refractivity contribution in [1.82, 2.24) is 40.0 Å². The highest BCUT2D eigenvalue weighted by Gasteiger charge is 2.18. The van der Waals surface area contributed by atoms with E-state index in [-0.39, 0.29) is 0 Å². The second-order valence-electron chi connectivity index (χ2n) is 10.5. The molecule has 39 heavy (non-hydrogen) atoms. The van der Waals surface area contributed by atoms with Crippen molar-refractivity contribution in [3.8, 4) is 22.6 Å². The SMILES string of the molecule is C=C/C=C(\c1nc(-c2n[nH]c3ccc(-c4cncc(CNCC5CCCC5)c4)cc23)[nH]c1C)n1cnc(C)c1. The molecule has 8 heteroatoms. The molecule has 3 N–H and O–H groups in total. The van der Waals surface area contributed by atoms with Crippen molar-refractivity contribution in [3.05, 3.63) is 90.6 Å². The number of fused-ring (bicyclic) bond motifs is 1. The van der Waals surface area contributed by atoms with Crippen molar-refractivity contribution in [3.63, 3.8) is 0 Å². The smallest absolute Gasteiger partial charge is 0.159 e. The molecule has 0 amide bonds. The Hall–Kier alpha value is -4.30. The molecule has 0 bridgehead atoms. The minimum atomic E-state index is 0.709. The summed E-state index contributed by atoms with van der Waals surface area (Å²) in [7, 11) is 0. The first-order valence-corrected chi connectivity index (χ1v) is 13.6. The van der Waals surface area contributed by atoms with Gasteiger partial charge in [0, 0.05) is 41.8 Å². The number of nitrogens with one attached hydrogen (secondary N) is 3. The van der Waals surface area contributed by atoms with E-state index in [1.165, 1.54) is 31.2 Å². The number of H-pyrrole nitrogens is 2. The van der Waals surface area contributed by atoms with Gasteiger partial charge in [0.1, 0.15) is 11.4 Å². The van der Waals surface area contributed by atoms with Gasteiger partial charge in [0.05, 0.1) is 23.2 Å². The molecule has 1 saturated carbocycles. The fourth-order valence-corrected chi connectivity index (χ4v) is 5.53. The van der Waals surface area contributed by atoms with Gasteiger partial charge in [0.2, 0.25) is 0 Å². The van der Waals surface area contributed by atoms with Crippen LogP contribution in [0.25, 0.3) is 39.2 Å². The van der Waals surface area contributed by atoms with E-state index in [1.807, 2.05) is 43.1 Å². The van der Waals surface area contributed by atoms with E-state index in [0.717, 1.165) is 69.5 Å². The van der Waals surface area contributed by atoms with Crippen LogP contribution in [0.1, 0.15) is 48.3 Å². The van der Waals surface area contributed by atoms with E-state index in [1.54, 1.807) is 12.4 Å². The zero-order valence-corrected chi connectivity index (χ0v) is 22.5. The Morgan fingerprint density at radius 3 is 2.82 bits per heavy atom. The molecule has 5 aromatic rings. The number of aromatic amines is 2. The Bertz CT molecular complexity index is 1640. The van der Waals surface area contributed by atoms with E-state index in [4.69, 9.17) is 4.98 Å². The lowest BCUT2D eigenvalue weighted by molar-refractivity contribution is 0.489. The van der Waals surface area contributed by atoms with Crippen molar-refractivity contribution in [1.29, 1.82) is 0 Å². The molecule has 0 saturated heterocycles. The standard InChI is InChI=1S/C31H34N8/c1-4-7-28(39-18-20(2)34-19-39)29-21(3)35-31(36-29)30-26-13-24(10-11-27(26)37-38-30)25-12-23(16-33-17-25)15-32-14-22-8-5-6-9-22/h4,7,10-13,16-19,22,32H,1,5-6,8-9,14-15H2,2-3H3,(H,35,36)(H,37,38)/b28-7+. The molecule has 0 atom stereocenters. The van der Waals surface area contributed by atoms with E-state index in [9.17, 15) is 0 Å². The summed E-state index contributed by atoms with van der Waals surface area (Å²) >= 11 is 0. The second kappa shape index (κ2) is 10.8. The van der Waals surface area contributed by atoms with Gasteiger partial charge in [0.15, 0.2) is 5.82 Å². The first-order valence-electron chi connectivity index (χ1n) is 13.6. The third-order valence-corrected chi connectivity index (χ3v) is 7.55. The average molecular weight is 519 g/mol. The number of imidazole rings is 2. The molecule has 6 rings (SSSR count). The van der Waals surface area contributed by atoms with E-state index < -0.39 is 0 Å². The Morgan fingerprint density at radius 2 is 2.03 bits per heavy atom. The average Bonchev–Trinajstić information content (AvgIpc) is 3.75. The number of pyridine rings is 1. The van der Waals surface area contributed by atoms with Crippen molar-refractivity contribution < 1.29 is 0 Å². The summed E-state index contributed by atoms with van der Waals surface area (Å²) < 4.78 is 1.97. The Balaban J connectivity index is 1.29. The van der Waals surface area contributed by atoms with Gasteiger partial charge in [-0.25, -0.2) is 9.97 Å². The molecule has 4 heterocycles. The van der Waals surface area contributed by atoms with E-state index >= 15 is 0 Å². The third kappa shape index (κ3) is 5.20. The minimum Gasteiger partial charge on any atom is -0.340 e. The van der Waals surface area contributed by atoms with Gasteiger partial charge in [-0.05, 0) is 74.6 Å². The maximum absolute atomic E-state index is 4.97. The number of nitrogens with zero attached hydrogens (tertiary/aromatic N) is 5. The number of hydrogen-bond donors (Lipinski definition) is 3. The van der Waals surface area contributed by atoms with Crippen LogP contribution in [0.5, 0.6) is 0 Å². The van der Waals surface area contributed by atoms with Crippen molar-refractivity contribution in [2.45, 2.75) is 46.1 Å². The van der Waals surface area contributed by atoms with Crippen LogP contribution in [0.4, 0.5) is 0 Å². The van der Waals surface area contributed by atoms with Crippen LogP contribution in [0.15, 0.2) is 67.9 Å². The first kappa shape index (κ1) is 25.0. The van der Waals surface area contributed by atoms with Crippen LogP contribution in [-0.2, 0) is 6.54 Å². The summed E-state index contributed by atoms with van der Waals surface area (Å²) in [4.78, 5) is 17.3. The highest BCUT2D eigenvalue weighted by molar-refractivity contribution is 5.94. The van der Waals surface area contributed by atoms with Crippen molar-refractivity contribution >= 4 is 16.6 Å². The van der Waals surface area contributed by atoms with E-state index in [0.29, 0.717) is 5.82 Å². The van der Waals surface area contributed by atoms with Gasteiger partial charge in [-0.3, -0.25) is 10.1 Å². The molecule has 0 radical (unpaired) electrons. The number of allylic oxidation sites excluding steroid dienone is 2. The van der Waals surface area contributed by atoms with Crippen LogP contribution in [0.3, 0.4) is 0 Å². The van der Waals surface area contributed by atoms with Gasteiger partial charge >= 0.3 is 0 Å². The Labute approximate surface area is 228 Å². The maximum atomic E-state index is 4.97. The maximum Gasteiger partial charge on any atom is 0.159 e. The largest absolute Gasteiger partial charge is 0.340 e. The fourth-order valence-electron chi connectivity index (χ4n) is 5.53. The Morgan fingerprint density at radius 1 is 1.15 bits per heavy atom. The van der Waals surface area contributed by atoms with Crippen LogP contribution >= 0.6 is 0 Å². The lowest BCUT2D eigenvalue weighted by Crippen LogP contribution is -2.20. The minimum absolute atomic E-state index is 0.709. The fraction of sp³-hybridized carbons (Fsp3) is 0.290. The number of rotatable bonds is 9. The summed E-state index contributed by atoms with van der Waals surface area (Å²) in [5.41, 5.74) is 8.73. The lowest BCUT2D eigenvalue weighted by Gasteiger charge is -2.11. The Kier molecular flexibility index (Phi) is 6.94. The molecule has 4 aromatic heterocycles. The quantitative estimate of drug-likeness (QED) is 0.202. The predicted molar refractivity (Wildman–Crippen MR) is 156 cm³/mol. The molecule has 198 valence electrons. The molecular weight excluding hydrogens is 484 g/mol. The second-order valence-corrected chi connectivity index (χ2v) is 10.5. The monoisotopic (exact) mass is 518 g/mol. The number of aryl methyl sites for hydroxylation is 2. The van der Waals surface area contributed by atoms with Gasteiger partial charge in [-0.15, -0.1) is 0 Å². The molecule has 8 nitrogen and oxygen atoms in total. The first-order chi connectivity index (χ1) is 19.1. The van der Waals surface area contributed by atoms with Crippen LogP contribution < -0.4 is 5.32 Å². The topological polar surface area (TPSA) is 100 Å². The summed E-state index contributed by atoms with van der Waals surface area (Å²) in [6.45, 7) is 9.80. The van der Waals surface area contributed by atoms with Gasteiger partial charge in [-0.2, -0.15) is 5.10 Å². The number of benzene rings is 1. The predicted octanol–water partition coefficient (Wildman–Crippen LogP) is 6.18. The summed E-state index contributed by atoms with van der Waals surface area (Å²) in [6, 6.07) is 8.57. The molecule has 0 unspecified atom stereocenters. The van der Waals surface area contributed by atoms with Gasteiger partial charge in [0.25, 0.3) is 0 Å². The van der Waals surface area contributed by atoms with Crippen molar-refractivity contribution in [2.24, 2.45) is 5.92 Å². The molecule has 1 aliphatic rings.